The molecule has 0 saturated carbocycles. The molecule has 2 aromatic carbocycles. The molecule has 3 aromatic rings. The van der Waals surface area contributed by atoms with Crippen LogP contribution in [-0.2, 0) is 11.3 Å². The molecule has 0 aliphatic carbocycles. The Morgan fingerprint density at radius 3 is 2.43 bits per heavy atom. The minimum Gasteiger partial charge on any atom is -0.497 e. The zero-order valence-electron chi connectivity index (χ0n) is 16.5. The highest BCUT2D eigenvalue weighted by molar-refractivity contribution is 6.01. The highest BCUT2D eigenvalue weighted by atomic mass is 16.5. The molecule has 6 nitrogen and oxygen atoms in total. The van der Waals surface area contributed by atoms with Crippen LogP contribution in [0.15, 0.2) is 40.8 Å². The first kappa shape index (κ1) is 18.7. The van der Waals surface area contributed by atoms with E-state index < -0.39 is 0 Å². The van der Waals surface area contributed by atoms with Gasteiger partial charge in [-0.1, -0.05) is 12.1 Å². The number of hydrogen-bond donors (Lipinski definition) is 0. The number of furan rings is 1. The molecule has 4 rings (SSSR count). The smallest absolute Gasteiger partial charge is 0.142 e. The van der Waals surface area contributed by atoms with Crippen molar-refractivity contribution in [3.63, 3.8) is 0 Å². The lowest BCUT2D eigenvalue weighted by molar-refractivity contribution is 0.0316. The summed E-state index contributed by atoms with van der Waals surface area (Å²) in [6.45, 7) is 3.96. The standard InChI is InChI=1S/C22H25NO5/c1-24-16-6-4-5-15(11-16)21-20(14-23-7-9-27-10-8-23)28-19-13-17(25-2)12-18(26-3)22(19)21/h4-6,11-13H,7-10,14H2,1-3H3. The van der Waals surface area contributed by atoms with E-state index in [1.807, 2.05) is 30.3 Å². The van der Waals surface area contributed by atoms with E-state index in [-0.39, 0.29) is 0 Å². The van der Waals surface area contributed by atoms with E-state index >= 15 is 0 Å². The fourth-order valence-corrected chi connectivity index (χ4v) is 3.65. The Balaban J connectivity index is 1.90. The van der Waals surface area contributed by atoms with Crippen LogP contribution < -0.4 is 14.2 Å². The number of nitrogens with zero attached hydrogens (tertiary/aromatic N) is 1. The SMILES string of the molecule is COc1cccc(-c2c(CN3CCOCC3)oc3cc(OC)cc(OC)c23)c1. The summed E-state index contributed by atoms with van der Waals surface area (Å²) in [6, 6.07) is 11.8. The molecule has 1 aliphatic rings. The van der Waals surface area contributed by atoms with E-state index in [1.54, 1.807) is 21.3 Å². The Hall–Kier alpha value is -2.70. The van der Waals surface area contributed by atoms with Crippen LogP contribution in [0.3, 0.4) is 0 Å². The van der Waals surface area contributed by atoms with Crippen molar-refractivity contribution >= 4 is 11.0 Å². The zero-order valence-corrected chi connectivity index (χ0v) is 16.5. The molecule has 0 radical (unpaired) electrons. The minimum absolute atomic E-state index is 0.702. The maximum Gasteiger partial charge on any atom is 0.142 e. The van der Waals surface area contributed by atoms with Gasteiger partial charge in [0.25, 0.3) is 0 Å². The first-order valence-electron chi connectivity index (χ1n) is 9.35. The van der Waals surface area contributed by atoms with Gasteiger partial charge in [-0.05, 0) is 17.7 Å². The molecule has 2 heterocycles. The lowest BCUT2D eigenvalue weighted by Gasteiger charge is -2.26. The number of methoxy groups -OCH3 is 3. The Bertz CT molecular complexity index is 959. The summed E-state index contributed by atoms with van der Waals surface area (Å²) in [6.07, 6.45) is 0. The molecule has 0 unspecified atom stereocenters. The number of morpholine rings is 1. The summed E-state index contributed by atoms with van der Waals surface area (Å²) >= 11 is 0. The Labute approximate surface area is 164 Å². The van der Waals surface area contributed by atoms with Crippen LogP contribution in [0.25, 0.3) is 22.1 Å². The van der Waals surface area contributed by atoms with Crippen molar-refractivity contribution in [3.05, 3.63) is 42.2 Å². The number of fused-ring (bicyclic) bond motifs is 1. The van der Waals surface area contributed by atoms with Gasteiger partial charge in [0, 0.05) is 30.8 Å². The monoisotopic (exact) mass is 383 g/mol. The van der Waals surface area contributed by atoms with Crippen LogP contribution >= 0.6 is 0 Å². The molecule has 1 fully saturated rings. The number of benzene rings is 2. The number of hydrogen-bond acceptors (Lipinski definition) is 6. The third-order valence-electron chi connectivity index (χ3n) is 5.09. The van der Waals surface area contributed by atoms with Crippen LogP contribution in [0.1, 0.15) is 5.76 Å². The molecule has 148 valence electrons. The second kappa shape index (κ2) is 8.12. The van der Waals surface area contributed by atoms with Crippen LogP contribution in [0.2, 0.25) is 0 Å². The predicted octanol–water partition coefficient (Wildman–Crippen LogP) is 3.96. The van der Waals surface area contributed by atoms with Crippen molar-refractivity contribution in [3.8, 4) is 28.4 Å². The van der Waals surface area contributed by atoms with Gasteiger partial charge in [0.05, 0.1) is 46.5 Å². The Morgan fingerprint density at radius 1 is 0.929 bits per heavy atom. The third kappa shape index (κ3) is 3.53. The van der Waals surface area contributed by atoms with Gasteiger partial charge in [0.2, 0.25) is 0 Å². The van der Waals surface area contributed by atoms with Crippen LogP contribution in [0.5, 0.6) is 17.2 Å². The molecule has 0 bridgehead atoms. The summed E-state index contributed by atoms with van der Waals surface area (Å²) in [5.41, 5.74) is 2.81. The van der Waals surface area contributed by atoms with Crippen molar-refractivity contribution in [2.75, 3.05) is 47.6 Å². The fraction of sp³-hybridized carbons (Fsp3) is 0.364. The molecular weight excluding hydrogens is 358 g/mol. The largest absolute Gasteiger partial charge is 0.497 e. The predicted molar refractivity (Wildman–Crippen MR) is 107 cm³/mol. The summed E-state index contributed by atoms with van der Waals surface area (Å²) in [5, 5.41) is 0.944. The van der Waals surface area contributed by atoms with Crippen molar-refractivity contribution in [2.24, 2.45) is 0 Å². The number of rotatable bonds is 6. The third-order valence-corrected chi connectivity index (χ3v) is 5.09. The van der Waals surface area contributed by atoms with Crippen LogP contribution in [0, 0.1) is 0 Å². The van der Waals surface area contributed by atoms with Gasteiger partial charge in [0.1, 0.15) is 28.6 Å². The molecule has 1 aromatic heterocycles. The maximum atomic E-state index is 6.33. The molecule has 0 N–H and O–H groups in total. The second-order valence-electron chi connectivity index (χ2n) is 6.72. The van der Waals surface area contributed by atoms with E-state index in [4.69, 9.17) is 23.4 Å². The molecule has 0 amide bonds. The van der Waals surface area contributed by atoms with Crippen molar-refractivity contribution in [1.29, 1.82) is 0 Å². The van der Waals surface area contributed by atoms with Crippen molar-refractivity contribution in [2.45, 2.75) is 6.54 Å². The first-order chi connectivity index (χ1) is 13.7. The van der Waals surface area contributed by atoms with Crippen LogP contribution in [0.4, 0.5) is 0 Å². The van der Waals surface area contributed by atoms with Gasteiger partial charge < -0.3 is 23.4 Å². The normalized spacial score (nSPS) is 15.0. The lowest BCUT2D eigenvalue weighted by atomic mass is 10.0. The second-order valence-corrected chi connectivity index (χ2v) is 6.72. The highest BCUT2D eigenvalue weighted by Crippen LogP contribution is 2.43. The minimum atomic E-state index is 0.702. The van der Waals surface area contributed by atoms with E-state index in [1.165, 1.54) is 0 Å². The average Bonchev–Trinajstić information content (AvgIpc) is 3.11. The van der Waals surface area contributed by atoms with Gasteiger partial charge in [-0.15, -0.1) is 0 Å². The van der Waals surface area contributed by atoms with Gasteiger partial charge in [-0.3, -0.25) is 4.90 Å². The number of ether oxygens (including phenoxy) is 4. The fourth-order valence-electron chi connectivity index (χ4n) is 3.65. The first-order valence-corrected chi connectivity index (χ1v) is 9.35. The van der Waals surface area contributed by atoms with Crippen LogP contribution in [-0.4, -0.2) is 52.5 Å². The zero-order chi connectivity index (χ0) is 19.5. The van der Waals surface area contributed by atoms with Gasteiger partial charge in [-0.25, -0.2) is 0 Å². The maximum absolute atomic E-state index is 6.33. The molecule has 0 spiro atoms. The summed E-state index contributed by atoms with van der Waals surface area (Å²) < 4.78 is 28.4. The lowest BCUT2D eigenvalue weighted by Crippen LogP contribution is -2.35. The Kier molecular flexibility index (Phi) is 5.41. The molecule has 1 saturated heterocycles. The highest BCUT2D eigenvalue weighted by Gasteiger charge is 2.23. The van der Waals surface area contributed by atoms with Gasteiger partial charge >= 0.3 is 0 Å². The summed E-state index contributed by atoms with van der Waals surface area (Å²) in [4.78, 5) is 2.34. The molecule has 28 heavy (non-hydrogen) atoms. The van der Waals surface area contributed by atoms with Crippen molar-refractivity contribution in [1.82, 2.24) is 4.90 Å². The average molecular weight is 383 g/mol. The topological polar surface area (TPSA) is 53.3 Å². The molecule has 1 aliphatic heterocycles. The molecule has 0 atom stereocenters. The van der Waals surface area contributed by atoms with E-state index in [0.717, 1.165) is 65.7 Å². The van der Waals surface area contributed by atoms with E-state index in [0.29, 0.717) is 12.3 Å². The van der Waals surface area contributed by atoms with Gasteiger partial charge in [0.15, 0.2) is 0 Å². The molecule has 6 heteroatoms. The molecular formula is C22H25NO5. The summed E-state index contributed by atoms with van der Waals surface area (Å²) in [7, 11) is 4.98. The summed E-state index contributed by atoms with van der Waals surface area (Å²) in [5.74, 6) is 3.13. The van der Waals surface area contributed by atoms with E-state index in [2.05, 4.69) is 11.0 Å². The van der Waals surface area contributed by atoms with Crippen molar-refractivity contribution < 1.29 is 23.4 Å². The Morgan fingerprint density at radius 2 is 1.71 bits per heavy atom. The van der Waals surface area contributed by atoms with E-state index in [9.17, 15) is 0 Å². The van der Waals surface area contributed by atoms with Gasteiger partial charge in [-0.2, -0.15) is 0 Å². The quantitative estimate of drug-likeness (QED) is 0.642.